The molecule has 1 aliphatic heterocycles. The maximum atomic E-state index is 12.1. The molecule has 3 N–H and O–H groups in total. The maximum Gasteiger partial charge on any atom is 0.252 e. The summed E-state index contributed by atoms with van der Waals surface area (Å²) in [6, 6.07) is -0.678. The Balaban J connectivity index is 1.91. The summed E-state index contributed by atoms with van der Waals surface area (Å²) >= 11 is 0. The van der Waals surface area contributed by atoms with E-state index in [1.54, 1.807) is 0 Å². The van der Waals surface area contributed by atoms with Crippen molar-refractivity contribution in [2.45, 2.75) is 38.1 Å². The zero-order valence-corrected chi connectivity index (χ0v) is 11.2. The Morgan fingerprint density at radius 1 is 1.42 bits per heavy atom. The van der Waals surface area contributed by atoms with Gasteiger partial charge in [0.1, 0.15) is 6.04 Å². The average Bonchev–Trinajstić information content (AvgIpc) is 2.66. The standard InChI is InChI=1S/C13H21N3O3/c1-16-11(17)6-10(13(16)19)15-12(18)9-4-2-3-8(5-9)7-14/h8-10H,2-7,14H2,1H3,(H,15,18). The Labute approximate surface area is 112 Å². The van der Waals surface area contributed by atoms with Crippen LogP contribution >= 0.6 is 0 Å². The van der Waals surface area contributed by atoms with E-state index in [4.69, 9.17) is 5.73 Å². The third kappa shape index (κ3) is 2.94. The molecule has 1 aliphatic carbocycles. The second kappa shape index (κ2) is 5.69. The van der Waals surface area contributed by atoms with Crippen LogP contribution < -0.4 is 11.1 Å². The van der Waals surface area contributed by atoms with Crippen LogP contribution in [0.15, 0.2) is 0 Å². The van der Waals surface area contributed by atoms with Crippen molar-refractivity contribution >= 4 is 17.7 Å². The van der Waals surface area contributed by atoms with Crippen molar-refractivity contribution in [2.75, 3.05) is 13.6 Å². The predicted molar refractivity (Wildman–Crippen MR) is 68.8 cm³/mol. The first-order chi connectivity index (χ1) is 9.02. The van der Waals surface area contributed by atoms with Crippen molar-refractivity contribution in [3.8, 4) is 0 Å². The second-order valence-corrected chi connectivity index (χ2v) is 5.52. The molecule has 0 spiro atoms. The summed E-state index contributed by atoms with van der Waals surface area (Å²) in [5, 5.41) is 2.71. The van der Waals surface area contributed by atoms with Gasteiger partial charge in [-0.2, -0.15) is 0 Å². The Bertz CT molecular complexity index is 397. The van der Waals surface area contributed by atoms with Crippen molar-refractivity contribution in [3.63, 3.8) is 0 Å². The highest BCUT2D eigenvalue weighted by molar-refractivity contribution is 6.06. The highest BCUT2D eigenvalue weighted by atomic mass is 16.2. The number of hydrogen-bond acceptors (Lipinski definition) is 4. The number of rotatable bonds is 3. The van der Waals surface area contributed by atoms with Crippen molar-refractivity contribution in [1.29, 1.82) is 0 Å². The SMILES string of the molecule is CN1C(=O)CC(NC(=O)C2CCCC(CN)C2)C1=O. The molecule has 1 heterocycles. The molecule has 2 rings (SSSR count). The van der Waals surface area contributed by atoms with Crippen molar-refractivity contribution in [1.82, 2.24) is 10.2 Å². The van der Waals surface area contributed by atoms with Crippen LogP contribution in [-0.2, 0) is 14.4 Å². The maximum absolute atomic E-state index is 12.1. The smallest absolute Gasteiger partial charge is 0.252 e. The molecule has 6 nitrogen and oxygen atoms in total. The van der Waals surface area contributed by atoms with Gasteiger partial charge >= 0.3 is 0 Å². The topological polar surface area (TPSA) is 92.5 Å². The normalized spacial score (nSPS) is 31.7. The minimum Gasteiger partial charge on any atom is -0.344 e. The van der Waals surface area contributed by atoms with Crippen molar-refractivity contribution in [2.24, 2.45) is 17.6 Å². The van der Waals surface area contributed by atoms with Crippen LogP contribution in [0, 0.1) is 11.8 Å². The zero-order chi connectivity index (χ0) is 14.0. The molecule has 2 fully saturated rings. The molecule has 3 atom stereocenters. The highest BCUT2D eigenvalue weighted by Gasteiger charge is 2.38. The molecule has 3 unspecified atom stereocenters. The molecule has 6 heteroatoms. The number of nitrogens with two attached hydrogens (primary N) is 1. The molecule has 19 heavy (non-hydrogen) atoms. The molecule has 1 saturated heterocycles. The Hall–Kier alpha value is -1.43. The summed E-state index contributed by atoms with van der Waals surface area (Å²) in [4.78, 5) is 36.3. The summed E-state index contributed by atoms with van der Waals surface area (Å²) in [6.07, 6.45) is 3.77. The van der Waals surface area contributed by atoms with E-state index in [1.807, 2.05) is 0 Å². The van der Waals surface area contributed by atoms with Gasteiger partial charge in [-0.15, -0.1) is 0 Å². The molecule has 3 amide bonds. The van der Waals surface area contributed by atoms with E-state index >= 15 is 0 Å². The number of carbonyl (C=O) groups is 3. The van der Waals surface area contributed by atoms with E-state index in [1.165, 1.54) is 7.05 Å². The Morgan fingerprint density at radius 2 is 2.16 bits per heavy atom. The molecule has 1 saturated carbocycles. The summed E-state index contributed by atoms with van der Waals surface area (Å²) in [7, 11) is 1.45. The lowest BCUT2D eigenvalue weighted by Gasteiger charge is -2.28. The van der Waals surface area contributed by atoms with Crippen LogP contribution in [0.4, 0.5) is 0 Å². The van der Waals surface area contributed by atoms with E-state index in [2.05, 4.69) is 5.32 Å². The molecule has 0 bridgehead atoms. The van der Waals surface area contributed by atoms with E-state index in [9.17, 15) is 14.4 Å². The van der Waals surface area contributed by atoms with E-state index in [-0.39, 0.29) is 30.1 Å². The molecular formula is C13H21N3O3. The van der Waals surface area contributed by atoms with Crippen molar-refractivity contribution < 1.29 is 14.4 Å². The third-order valence-electron chi connectivity index (χ3n) is 4.18. The van der Waals surface area contributed by atoms with Crippen LogP contribution in [0.2, 0.25) is 0 Å². The quantitative estimate of drug-likeness (QED) is 0.682. The lowest BCUT2D eigenvalue weighted by atomic mass is 9.81. The summed E-state index contributed by atoms with van der Waals surface area (Å²) in [6.45, 7) is 0.605. The fourth-order valence-electron chi connectivity index (χ4n) is 2.90. The van der Waals surface area contributed by atoms with Crippen LogP contribution in [0.25, 0.3) is 0 Å². The van der Waals surface area contributed by atoms with Gasteiger partial charge in [0.25, 0.3) is 5.91 Å². The third-order valence-corrected chi connectivity index (χ3v) is 4.18. The van der Waals surface area contributed by atoms with Gasteiger partial charge in [-0.05, 0) is 31.7 Å². The summed E-state index contributed by atoms with van der Waals surface area (Å²) in [5.74, 6) is -0.341. The number of imide groups is 1. The van der Waals surface area contributed by atoms with Crippen LogP contribution in [-0.4, -0.2) is 42.3 Å². The second-order valence-electron chi connectivity index (χ2n) is 5.52. The number of hydrogen-bond donors (Lipinski definition) is 2. The van der Waals surface area contributed by atoms with Gasteiger partial charge in [0, 0.05) is 13.0 Å². The molecule has 2 aliphatic rings. The fourth-order valence-corrected chi connectivity index (χ4v) is 2.90. The van der Waals surface area contributed by atoms with Gasteiger partial charge in [-0.3, -0.25) is 19.3 Å². The lowest BCUT2D eigenvalue weighted by Crippen LogP contribution is -2.44. The van der Waals surface area contributed by atoms with Gasteiger partial charge < -0.3 is 11.1 Å². The number of nitrogens with one attached hydrogen (secondary N) is 1. The van der Waals surface area contributed by atoms with Crippen molar-refractivity contribution in [3.05, 3.63) is 0 Å². The van der Waals surface area contributed by atoms with Gasteiger partial charge in [-0.1, -0.05) is 6.42 Å². The van der Waals surface area contributed by atoms with Crippen LogP contribution in [0.1, 0.15) is 32.1 Å². The number of likely N-dealkylation sites (N-methyl/N-ethyl adjacent to an activating group) is 1. The molecule has 0 aromatic carbocycles. The van der Waals surface area contributed by atoms with E-state index in [0.717, 1.165) is 30.6 Å². The lowest BCUT2D eigenvalue weighted by molar-refractivity contribution is -0.138. The number of amides is 3. The first-order valence-corrected chi connectivity index (χ1v) is 6.83. The number of carbonyl (C=O) groups excluding carboxylic acids is 3. The van der Waals surface area contributed by atoms with Crippen LogP contribution in [0.3, 0.4) is 0 Å². The summed E-state index contributed by atoms with van der Waals surface area (Å²) in [5.41, 5.74) is 5.65. The van der Waals surface area contributed by atoms with Gasteiger partial charge in [0.15, 0.2) is 0 Å². The first-order valence-electron chi connectivity index (χ1n) is 6.83. The highest BCUT2D eigenvalue weighted by Crippen LogP contribution is 2.28. The van der Waals surface area contributed by atoms with E-state index < -0.39 is 6.04 Å². The molecule has 0 aromatic heterocycles. The van der Waals surface area contributed by atoms with Gasteiger partial charge in [-0.25, -0.2) is 0 Å². The zero-order valence-electron chi connectivity index (χ0n) is 11.2. The number of likely N-dealkylation sites (tertiary alicyclic amines) is 1. The minimum atomic E-state index is -0.678. The van der Waals surface area contributed by atoms with Gasteiger partial charge in [0.2, 0.25) is 11.8 Å². The van der Waals surface area contributed by atoms with E-state index in [0.29, 0.717) is 12.5 Å². The van der Waals surface area contributed by atoms with Gasteiger partial charge in [0.05, 0.1) is 6.42 Å². The number of nitrogens with zero attached hydrogens (tertiary/aromatic N) is 1. The molecule has 0 aromatic rings. The van der Waals surface area contributed by atoms with Crippen LogP contribution in [0.5, 0.6) is 0 Å². The molecule has 0 radical (unpaired) electrons. The predicted octanol–water partition coefficient (Wildman–Crippen LogP) is -0.375. The average molecular weight is 267 g/mol. The minimum absolute atomic E-state index is 0.0730. The largest absolute Gasteiger partial charge is 0.344 e. The fraction of sp³-hybridized carbons (Fsp3) is 0.769. The molecular weight excluding hydrogens is 246 g/mol. The monoisotopic (exact) mass is 267 g/mol. The molecule has 106 valence electrons. The summed E-state index contributed by atoms with van der Waals surface area (Å²) < 4.78 is 0. The first kappa shape index (κ1) is 14.0. The Kier molecular flexibility index (Phi) is 4.19. The Morgan fingerprint density at radius 3 is 2.74 bits per heavy atom.